The van der Waals surface area contributed by atoms with Gasteiger partial charge in [-0.2, -0.15) is 0 Å². The number of nitrogens with zero attached hydrogens (tertiary/aromatic N) is 1. The molecule has 0 atom stereocenters. The molecule has 0 fully saturated rings. The summed E-state index contributed by atoms with van der Waals surface area (Å²) in [5.41, 5.74) is 0.148. The average molecular weight is 155 g/mol. The van der Waals surface area contributed by atoms with Gasteiger partial charge in [-0.25, -0.2) is 0 Å². The molecule has 0 radical (unpaired) electrons. The first kappa shape index (κ1) is 7.86. The van der Waals surface area contributed by atoms with E-state index < -0.39 is 0 Å². The molecule has 0 amide bonds. The molecule has 10 heavy (non-hydrogen) atoms. The first-order chi connectivity index (χ1) is 4.64. The average Bonchev–Trinajstić information content (AvgIpc) is 1.86. The topological polar surface area (TPSA) is 12.4 Å². The fourth-order valence-corrected chi connectivity index (χ4v) is 2.14. The number of thioether (sulfide) groups is 1. The molecule has 2 heteroatoms. The summed E-state index contributed by atoms with van der Waals surface area (Å²) < 4.78 is 0. The zero-order valence-electron chi connectivity index (χ0n) is 6.55. The molecule has 1 aliphatic rings. The van der Waals surface area contributed by atoms with Crippen LogP contribution in [0.1, 0.15) is 20.3 Å². The summed E-state index contributed by atoms with van der Waals surface area (Å²) in [7, 11) is 0. The van der Waals surface area contributed by atoms with Crippen molar-refractivity contribution in [3.05, 3.63) is 12.7 Å². The second-order valence-electron chi connectivity index (χ2n) is 3.07. The van der Waals surface area contributed by atoms with Crippen molar-refractivity contribution in [3.8, 4) is 0 Å². The Morgan fingerprint density at radius 2 is 2.40 bits per heavy atom. The molecule has 1 aliphatic heterocycles. The minimum absolute atomic E-state index is 0.148. The summed E-state index contributed by atoms with van der Waals surface area (Å²) >= 11 is 1.80. The summed E-state index contributed by atoms with van der Waals surface area (Å²) in [5.74, 6) is 1.18. The van der Waals surface area contributed by atoms with Crippen molar-refractivity contribution in [2.75, 3.05) is 5.75 Å². The maximum atomic E-state index is 4.49. The van der Waals surface area contributed by atoms with Crippen LogP contribution in [-0.2, 0) is 0 Å². The lowest BCUT2D eigenvalue weighted by molar-refractivity contribution is 0.508. The van der Waals surface area contributed by atoms with Gasteiger partial charge in [0.05, 0.1) is 10.6 Å². The zero-order valence-corrected chi connectivity index (χ0v) is 7.37. The Labute approximate surface area is 66.6 Å². The van der Waals surface area contributed by atoms with Gasteiger partial charge in [0.15, 0.2) is 0 Å². The maximum Gasteiger partial charge on any atom is 0.0905 e. The van der Waals surface area contributed by atoms with Gasteiger partial charge in [-0.1, -0.05) is 6.58 Å². The number of hydrogen-bond acceptors (Lipinski definition) is 2. The number of aliphatic imine (C=N–C) groups is 1. The van der Waals surface area contributed by atoms with E-state index >= 15 is 0 Å². The summed E-state index contributed by atoms with van der Waals surface area (Å²) in [6.07, 6.45) is 3.01. The monoisotopic (exact) mass is 155 g/mol. The van der Waals surface area contributed by atoms with Crippen LogP contribution in [0.5, 0.6) is 0 Å². The second-order valence-corrected chi connectivity index (χ2v) is 4.18. The molecule has 0 saturated heterocycles. The number of hydrogen-bond donors (Lipinski definition) is 0. The minimum atomic E-state index is 0.148. The van der Waals surface area contributed by atoms with Crippen LogP contribution in [0.15, 0.2) is 17.6 Å². The summed E-state index contributed by atoms with van der Waals surface area (Å²) in [4.78, 5) is 4.49. The van der Waals surface area contributed by atoms with Gasteiger partial charge in [0.1, 0.15) is 0 Å². The van der Waals surface area contributed by atoms with Crippen LogP contribution in [0, 0.1) is 0 Å². The molecular formula is C8H13NS. The molecule has 1 heterocycles. The van der Waals surface area contributed by atoms with E-state index in [0.29, 0.717) is 0 Å². The molecule has 56 valence electrons. The first-order valence-corrected chi connectivity index (χ1v) is 4.48. The van der Waals surface area contributed by atoms with Gasteiger partial charge < -0.3 is 0 Å². The van der Waals surface area contributed by atoms with Gasteiger partial charge in [-0.15, -0.1) is 11.8 Å². The molecule has 0 saturated carbocycles. The molecule has 1 nitrogen and oxygen atoms in total. The molecule has 0 aliphatic carbocycles. The summed E-state index contributed by atoms with van der Waals surface area (Å²) in [6, 6.07) is 0. The minimum Gasteiger partial charge on any atom is -0.272 e. The van der Waals surface area contributed by atoms with Crippen molar-refractivity contribution in [2.24, 2.45) is 4.99 Å². The maximum absolute atomic E-state index is 4.49. The first-order valence-electron chi connectivity index (χ1n) is 3.49. The lowest BCUT2D eigenvalue weighted by Gasteiger charge is -2.24. The van der Waals surface area contributed by atoms with Crippen molar-refractivity contribution >= 4 is 16.8 Å². The van der Waals surface area contributed by atoms with Crippen LogP contribution in [0.4, 0.5) is 0 Å². The van der Waals surface area contributed by atoms with Crippen molar-refractivity contribution in [3.63, 3.8) is 0 Å². The van der Waals surface area contributed by atoms with Crippen molar-refractivity contribution in [2.45, 2.75) is 25.8 Å². The molecule has 0 spiro atoms. The SMILES string of the molecule is C=CC1=NC(C)(C)CCS1. The van der Waals surface area contributed by atoms with Crippen molar-refractivity contribution in [1.29, 1.82) is 0 Å². The highest BCUT2D eigenvalue weighted by Crippen LogP contribution is 2.25. The predicted octanol–water partition coefficient (Wildman–Crippen LogP) is 2.49. The fourth-order valence-electron chi connectivity index (χ4n) is 0.896. The summed E-state index contributed by atoms with van der Waals surface area (Å²) in [6.45, 7) is 8.02. The Morgan fingerprint density at radius 1 is 1.70 bits per heavy atom. The van der Waals surface area contributed by atoms with Crippen LogP contribution in [-0.4, -0.2) is 16.3 Å². The molecule has 0 unspecified atom stereocenters. The van der Waals surface area contributed by atoms with E-state index in [-0.39, 0.29) is 5.54 Å². The molecule has 0 aromatic heterocycles. The van der Waals surface area contributed by atoms with E-state index in [1.807, 2.05) is 6.08 Å². The van der Waals surface area contributed by atoms with Gasteiger partial charge in [0.2, 0.25) is 0 Å². The van der Waals surface area contributed by atoms with E-state index in [2.05, 4.69) is 25.4 Å². The molecule has 1 rings (SSSR count). The molecule has 0 N–H and O–H groups in total. The highest BCUT2D eigenvalue weighted by atomic mass is 32.2. The van der Waals surface area contributed by atoms with E-state index in [0.717, 1.165) is 5.04 Å². The Morgan fingerprint density at radius 3 is 2.80 bits per heavy atom. The zero-order chi connectivity index (χ0) is 7.61. The van der Waals surface area contributed by atoms with Crippen molar-refractivity contribution < 1.29 is 0 Å². The molecular weight excluding hydrogens is 142 g/mol. The largest absolute Gasteiger partial charge is 0.272 e. The van der Waals surface area contributed by atoms with Gasteiger partial charge in [-0.05, 0) is 26.3 Å². The van der Waals surface area contributed by atoms with Gasteiger partial charge in [0.25, 0.3) is 0 Å². The van der Waals surface area contributed by atoms with Crippen LogP contribution in [0.25, 0.3) is 0 Å². The second kappa shape index (κ2) is 2.79. The standard InChI is InChI=1S/C8H13NS/c1-4-7-9-8(2,3)5-6-10-7/h4H,1,5-6H2,2-3H3. The van der Waals surface area contributed by atoms with Crippen molar-refractivity contribution in [1.82, 2.24) is 0 Å². The lowest BCUT2D eigenvalue weighted by Crippen LogP contribution is -2.23. The molecule has 0 bridgehead atoms. The van der Waals surface area contributed by atoms with Gasteiger partial charge in [0, 0.05) is 5.75 Å². The smallest absolute Gasteiger partial charge is 0.0905 e. The third-order valence-corrected chi connectivity index (χ3v) is 2.51. The van der Waals surface area contributed by atoms with Crippen LogP contribution >= 0.6 is 11.8 Å². The van der Waals surface area contributed by atoms with Crippen LogP contribution < -0.4 is 0 Å². The number of rotatable bonds is 1. The highest BCUT2D eigenvalue weighted by Gasteiger charge is 2.20. The third-order valence-electron chi connectivity index (χ3n) is 1.55. The fraction of sp³-hybridized carbons (Fsp3) is 0.625. The van der Waals surface area contributed by atoms with Gasteiger partial charge >= 0.3 is 0 Å². The summed E-state index contributed by atoms with van der Waals surface area (Å²) in [5, 5.41) is 1.09. The van der Waals surface area contributed by atoms with Crippen LogP contribution in [0.2, 0.25) is 0 Å². The van der Waals surface area contributed by atoms with E-state index in [1.54, 1.807) is 11.8 Å². The van der Waals surface area contributed by atoms with Gasteiger partial charge in [-0.3, -0.25) is 4.99 Å². The third kappa shape index (κ3) is 1.87. The molecule has 0 aromatic rings. The van der Waals surface area contributed by atoms with Crippen LogP contribution in [0.3, 0.4) is 0 Å². The Kier molecular flexibility index (Phi) is 2.19. The quantitative estimate of drug-likeness (QED) is 0.566. The predicted molar refractivity (Wildman–Crippen MR) is 48.8 cm³/mol. The van der Waals surface area contributed by atoms with E-state index in [1.165, 1.54) is 12.2 Å². The normalized spacial score (nSPS) is 23.6. The Hall–Kier alpha value is -0.240. The highest BCUT2D eigenvalue weighted by molar-refractivity contribution is 8.14. The Balaban J connectivity index is 2.75. The lowest BCUT2D eigenvalue weighted by atomic mass is 10.0. The van der Waals surface area contributed by atoms with E-state index in [4.69, 9.17) is 0 Å². The van der Waals surface area contributed by atoms with E-state index in [9.17, 15) is 0 Å². The Bertz CT molecular complexity index is 170. The molecule has 0 aromatic carbocycles.